The maximum Gasteiger partial charge on any atom is 0.325 e. The highest BCUT2D eigenvalue weighted by Gasteiger charge is 2.17. The van der Waals surface area contributed by atoms with Crippen LogP contribution in [0.4, 0.5) is 21.3 Å². The zero-order valence-corrected chi connectivity index (χ0v) is 15.7. The minimum Gasteiger partial charge on any atom is -0.366 e. The number of hydrogen-bond acceptors (Lipinski definition) is 5. The molecule has 0 fully saturated rings. The molecule has 0 saturated carbocycles. The number of aromatic nitrogens is 1. The molecule has 0 bridgehead atoms. The number of carbonyl (C=O) groups excluding carboxylic acids is 3. The van der Waals surface area contributed by atoms with Gasteiger partial charge in [-0.15, -0.1) is 0 Å². The summed E-state index contributed by atoms with van der Waals surface area (Å²) in [5.41, 5.74) is 7.19. The van der Waals surface area contributed by atoms with Gasteiger partial charge in [-0.1, -0.05) is 29.5 Å². The highest BCUT2D eigenvalue weighted by Crippen LogP contribution is 2.24. The van der Waals surface area contributed by atoms with Crippen molar-refractivity contribution in [2.75, 3.05) is 16.0 Å². The Bertz CT molecular complexity index is 1020. The molecule has 8 nitrogen and oxygen atoms in total. The van der Waals surface area contributed by atoms with Gasteiger partial charge in [0, 0.05) is 16.9 Å². The predicted molar refractivity (Wildman–Crippen MR) is 109 cm³/mol. The molecule has 0 saturated heterocycles. The lowest BCUT2D eigenvalue weighted by atomic mass is 10.2. The van der Waals surface area contributed by atoms with Crippen LogP contribution in [0.25, 0.3) is 0 Å². The molecule has 28 heavy (non-hydrogen) atoms. The SMILES string of the molecule is Cc1nc(NC(=O)Nc2ccccc2)sc1C(=O)Nc1ccc(C(N)=O)cc1. The van der Waals surface area contributed by atoms with E-state index in [-0.39, 0.29) is 5.91 Å². The van der Waals surface area contributed by atoms with E-state index in [0.717, 1.165) is 11.3 Å². The van der Waals surface area contributed by atoms with E-state index in [9.17, 15) is 14.4 Å². The van der Waals surface area contributed by atoms with Crippen molar-refractivity contribution in [3.05, 3.63) is 70.7 Å². The van der Waals surface area contributed by atoms with Crippen molar-refractivity contribution in [2.45, 2.75) is 6.92 Å². The lowest BCUT2D eigenvalue weighted by molar-refractivity contribution is 0.0998. The van der Waals surface area contributed by atoms with Crippen LogP contribution >= 0.6 is 11.3 Å². The fourth-order valence-electron chi connectivity index (χ4n) is 2.35. The predicted octanol–water partition coefficient (Wildman–Crippen LogP) is 3.45. The molecule has 0 radical (unpaired) electrons. The van der Waals surface area contributed by atoms with Crippen molar-refractivity contribution in [3.63, 3.8) is 0 Å². The number of hydrogen-bond donors (Lipinski definition) is 4. The topological polar surface area (TPSA) is 126 Å². The summed E-state index contributed by atoms with van der Waals surface area (Å²) in [6.07, 6.45) is 0. The lowest BCUT2D eigenvalue weighted by Gasteiger charge is -2.05. The third-order valence-corrected chi connectivity index (χ3v) is 4.75. The lowest BCUT2D eigenvalue weighted by Crippen LogP contribution is -2.19. The molecule has 142 valence electrons. The monoisotopic (exact) mass is 395 g/mol. The summed E-state index contributed by atoms with van der Waals surface area (Å²) in [6, 6.07) is 14.7. The molecule has 0 spiro atoms. The van der Waals surface area contributed by atoms with E-state index in [1.807, 2.05) is 18.2 Å². The number of amides is 4. The van der Waals surface area contributed by atoms with E-state index < -0.39 is 11.9 Å². The van der Waals surface area contributed by atoms with Crippen molar-refractivity contribution in [1.29, 1.82) is 0 Å². The van der Waals surface area contributed by atoms with E-state index in [0.29, 0.717) is 32.6 Å². The molecule has 0 unspecified atom stereocenters. The van der Waals surface area contributed by atoms with Gasteiger partial charge in [0.1, 0.15) is 4.88 Å². The Hall–Kier alpha value is -3.72. The summed E-state index contributed by atoms with van der Waals surface area (Å²) in [5.74, 6) is -0.904. The number of carbonyl (C=O) groups is 3. The molecular formula is C19H17N5O3S. The number of benzene rings is 2. The smallest absolute Gasteiger partial charge is 0.325 e. The molecular weight excluding hydrogens is 378 g/mol. The average molecular weight is 395 g/mol. The molecule has 2 aromatic carbocycles. The molecule has 0 aliphatic rings. The Morgan fingerprint density at radius 3 is 2.18 bits per heavy atom. The zero-order valence-electron chi connectivity index (χ0n) is 14.9. The Morgan fingerprint density at radius 1 is 0.893 bits per heavy atom. The van der Waals surface area contributed by atoms with Crippen LogP contribution < -0.4 is 21.7 Å². The average Bonchev–Trinajstić information content (AvgIpc) is 3.03. The number of primary amides is 1. The maximum atomic E-state index is 12.5. The van der Waals surface area contributed by atoms with Gasteiger partial charge in [0.15, 0.2) is 5.13 Å². The summed E-state index contributed by atoms with van der Waals surface area (Å²) < 4.78 is 0. The second kappa shape index (κ2) is 8.31. The number of rotatable bonds is 5. The number of anilines is 3. The Kier molecular flexibility index (Phi) is 5.66. The van der Waals surface area contributed by atoms with Gasteiger partial charge >= 0.3 is 6.03 Å². The van der Waals surface area contributed by atoms with Gasteiger partial charge in [-0.05, 0) is 43.3 Å². The van der Waals surface area contributed by atoms with Crippen molar-refractivity contribution < 1.29 is 14.4 Å². The van der Waals surface area contributed by atoms with E-state index in [2.05, 4.69) is 20.9 Å². The number of para-hydroxylation sites is 1. The first-order valence-corrected chi connectivity index (χ1v) is 9.06. The Balaban J connectivity index is 1.64. The first kappa shape index (κ1) is 19.1. The van der Waals surface area contributed by atoms with E-state index in [4.69, 9.17) is 5.73 Å². The second-order valence-corrected chi connectivity index (χ2v) is 6.77. The van der Waals surface area contributed by atoms with Gasteiger partial charge in [0.25, 0.3) is 5.91 Å². The standard InChI is InChI=1S/C19H17N5O3S/c1-11-15(17(26)22-14-9-7-12(8-10-14)16(20)25)28-19(21-11)24-18(27)23-13-5-3-2-4-6-13/h2-10H,1H3,(H2,20,25)(H,22,26)(H2,21,23,24,27). The molecule has 0 atom stereocenters. The summed E-state index contributed by atoms with van der Waals surface area (Å²) in [4.78, 5) is 40.2. The van der Waals surface area contributed by atoms with Crippen LogP contribution in [0.1, 0.15) is 25.7 Å². The van der Waals surface area contributed by atoms with Gasteiger partial charge in [0.05, 0.1) is 5.69 Å². The molecule has 5 N–H and O–H groups in total. The van der Waals surface area contributed by atoms with Gasteiger partial charge in [-0.3, -0.25) is 14.9 Å². The molecule has 0 aliphatic heterocycles. The maximum absolute atomic E-state index is 12.5. The van der Waals surface area contributed by atoms with E-state index in [1.54, 1.807) is 31.2 Å². The van der Waals surface area contributed by atoms with Crippen molar-refractivity contribution in [1.82, 2.24) is 4.98 Å². The van der Waals surface area contributed by atoms with Crippen molar-refractivity contribution >= 4 is 45.7 Å². The van der Waals surface area contributed by atoms with Gasteiger partial charge in [0.2, 0.25) is 5.91 Å². The third kappa shape index (κ3) is 4.71. The molecule has 3 aromatic rings. The molecule has 9 heteroatoms. The van der Waals surface area contributed by atoms with E-state index >= 15 is 0 Å². The van der Waals surface area contributed by atoms with E-state index in [1.165, 1.54) is 12.1 Å². The number of nitrogens with two attached hydrogens (primary N) is 1. The molecule has 0 aliphatic carbocycles. The van der Waals surface area contributed by atoms with Crippen molar-refractivity contribution in [3.8, 4) is 0 Å². The molecule has 3 rings (SSSR count). The van der Waals surface area contributed by atoms with Crippen LogP contribution in [0.15, 0.2) is 54.6 Å². The number of thiazole rings is 1. The van der Waals surface area contributed by atoms with Crippen LogP contribution in [-0.2, 0) is 0 Å². The van der Waals surface area contributed by atoms with Crippen LogP contribution in [-0.4, -0.2) is 22.8 Å². The van der Waals surface area contributed by atoms with Gasteiger partial charge in [-0.2, -0.15) is 0 Å². The van der Waals surface area contributed by atoms with Crippen LogP contribution in [0.3, 0.4) is 0 Å². The quantitative estimate of drug-likeness (QED) is 0.528. The minimum atomic E-state index is -0.541. The molecule has 1 aromatic heterocycles. The summed E-state index contributed by atoms with van der Waals surface area (Å²) in [5, 5.41) is 8.33. The van der Waals surface area contributed by atoms with Crippen LogP contribution in [0, 0.1) is 6.92 Å². The fourth-order valence-corrected chi connectivity index (χ4v) is 3.20. The number of nitrogens with one attached hydrogen (secondary N) is 3. The molecule has 1 heterocycles. The normalized spacial score (nSPS) is 10.2. The van der Waals surface area contributed by atoms with Crippen LogP contribution in [0.5, 0.6) is 0 Å². The Labute approximate surface area is 164 Å². The van der Waals surface area contributed by atoms with Crippen molar-refractivity contribution in [2.24, 2.45) is 5.73 Å². The largest absolute Gasteiger partial charge is 0.366 e. The number of nitrogens with zero attached hydrogens (tertiary/aromatic N) is 1. The summed E-state index contributed by atoms with van der Waals surface area (Å²) in [7, 11) is 0. The number of urea groups is 1. The molecule has 4 amide bonds. The zero-order chi connectivity index (χ0) is 20.1. The highest BCUT2D eigenvalue weighted by molar-refractivity contribution is 7.17. The first-order valence-electron chi connectivity index (χ1n) is 8.24. The van der Waals surface area contributed by atoms with Gasteiger partial charge in [-0.25, -0.2) is 9.78 Å². The third-order valence-electron chi connectivity index (χ3n) is 3.68. The summed E-state index contributed by atoms with van der Waals surface area (Å²) >= 11 is 1.06. The van der Waals surface area contributed by atoms with Crippen LogP contribution in [0.2, 0.25) is 0 Å². The second-order valence-electron chi connectivity index (χ2n) is 5.77. The first-order chi connectivity index (χ1) is 13.4. The minimum absolute atomic E-state index is 0.306. The fraction of sp³-hybridized carbons (Fsp3) is 0.0526. The number of aryl methyl sites for hydroxylation is 1. The van der Waals surface area contributed by atoms with Gasteiger partial charge < -0.3 is 16.4 Å². The Morgan fingerprint density at radius 2 is 1.54 bits per heavy atom. The summed E-state index contributed by atoms with van der Waals surface area (Å²) in [6.45, 7) is 1.68. The highest BCUT2D eigenvalue weighted by atomic mass is 32.1.